The van der Waals surface area contributed by atoms with Crippen molar-refractivity contribution in [2.24, 2.45) is 0 Å². The van der Waals surface area contributed by atoms with E-state index in [2.05, 4.69) is 5.32 Å². The van der Waals surface area contributed by atoms with Crippen molar-refractivity contribution >= 4 is 24.7 Å². The van der Waals surface area contributed by atoms with Gasteiger partial charge in [0.1, 0.15) is 13.5 Å². The number of nitro benzene ring substituents is 1. The minimum atomic E-state index is -2.58. The summed E-state index contributed by atoms with van der Waals surface area (Å²) in [5.41, 5.74) is 0.00233. The monoisotopic (exact) mass is 212 g/mol. The standard InChI is InChI=1S/C8H7BF2N2O2/c9-5-1-2-7(13(14)15)6(3-5)12-4-8(10)11/h1-3,8,12H,4H2. The summed E-state index contributed by atoms with van der Waals surface area (Å²) in [6, 6.07) is 3.76. The van der Waals surface area contributed by atoms with Crippen molar-refractivity contribution in [2.75, 3.05) is 11.9 Å². The number of rotatable bonds is 4. The van der Waals surface area contributed by atoms with Crippen LogP contribution < -0.4 is 10.8 Å². The normalized spacial score (nSPS) is 10.3. The van der Waals surface area contributed by atoms with Crippen LogP contribution in [0.2, 0.25) is 0 Å². The van der Waals surface area contributed by atoms with E-state index >= 15 is 0 Å². The molecule has 0 bridgehead atoms. The molecule has 0 aromatic heterocycles. The second kappa shape index (κ2) is 4.72. The lowest BCUT2D eigenvalue weighted by molar-refractivity contribution is -0.383. The van der Waals surface area contributed by atoms with E-state index in [-0.39, 0.29) is 16.8 Å². The van der Waals surface area contributed by atoms with Gasteiger partial charge >= 0.3 is 0 Å². The van der Waals surface area contributed by atoms with Gasteiger partial charge in [0.05, 0.1) is 11.5 Å². The molecule has 15 heavy (non-hydrogen) atoms. The number of nitrogens with one attached hydrogen (secondary N) is 1. The number of nitro groups is 1. The first-order valence-corrected chi connectivity index (χ1v) is 4.06. The third-order valence-corrected chi connectivity index (χ3v) is 1.66. The van der Waals surface area contributed by atoms with Crippen LogP contribution in [0.3, 0.4) is 0 Å². The second-order valence-electron chi connectivity index (χ2n) is 2.81. The summed E-state index contributed by atoms with van der Waals surface area (Å²) in [5, 5.41) is 12.8. The molecule has 78 valence electrons. The molecule has 2 radical (unpaired) electrons. The van der Waals surface area contributed by atoms with Gasteiger partial charge in [0.15, 0.2) is 0 Å². The maximum absolute atomic E-state index is 11.9. The van der Waals surface area contributed by atoms with E-state index in [4.69, 9.17) is 7.85 Å². The Balaban J connectivity index is 2.92. The SMILES string of the molecule is [B]c1ccc([N+](=O)[O-])c(NCC(F)F)c1. The molecule has 1 aromatic carbocycles. The molecule has 0 aliphatic rings. The van der Waals surface area contributed by atoms with Gasteiger partial charge in [0, 0.05) is 6.07 Å². The molecule has 0 atom stereocenters. The van der Waals surface area contributed by atoms with Gasteiger partial charge in [-0.05, 0) is 6.07 Å². The fourth-order valence-corrected chi connectivity index (χ4v) is 1.04. The number of nitrogens with zero attached hydrogens (tertiary/aromatic N) is 1. The van der Waals surface area contributed by atoms with Gasteiger partial charge in [-0.2, -0.15) is 0 Å². The van der Waals surface area contributed by atoms with Crippen LogP contribution in [0.25, 0.3) is 0 Å². The molecule has 1 rings (SSSR count). The Kier molecular flexibility index (Phi) is 3.59. The molecule has 7 heteroatoms. The second-order valence-corrected chi connectivity index (χ2v) is 2.81. The van der Waals surface area contributed by atoms with Crippen molar-refractivity contribution in [1.82, 2.24) is 0 Å². The van der Waals surface area contributed by atoms with Crippen LogP contribution in [0, 0.1) is 10.1 Å². The molecule has 0 fully saturated rings. The molecule has 0 heterocycles. The summed E-state index contributed by atoms with van der Waals surface area (Å²) in [7, 11) is 5.38. The Hall–Kier alpha value is -1.66. The molecule has 0 amide bonds. The highest BCUT2D eigenvalue weighted by Crippen LogP contribution is 2.22. The lowest BCUT2D eigenvalue weighted by Gasteiger charge is -2.07. The van der Waals surface area contributed by atoms with Crippen LogP contribution in [0.4, 0.5) is 20.2 Å². The highest BCUT2D eigenvalue weighted by Gasteiger charge is 2.14. The number of hydrogen-bond acceptors (Lipinski definition) is 3. The number of anilines is 1. The summed E-state index contributed by atoms with van der Waals surface area (Å²) >= 11 is 0. The van der Waals surface area contributed by atoms with Gasteiger partial charge in [0.25, 0.3) is 12.1 Å². The molecule has 1 aromatic rings. The molecule has 0 aliphatic carbocycles. The van der Waals surface area contributed by atoms with E-state index < -0.39 is 17.9 Å². The van der Waals surface area contributed by atoms with Gasteiger partial charge in [-0.1, -0.05) is 11.5 Å². The minimum absolute atomic E-state index is 0.000278. The smallest absolute Gasteiger partial charge is 0.292 e. The minimum Gasteiger partial charge on any atom is -0.374 e. The summed E-state index contributed by atoms with van der Waals surface area (Å²) in [4.78, 5) is 9.86. The predicted octanol–water partition coefficient (Wildman–Crippen LogP) is 1.07. The summed E-state index contributed by atoms with van der Waals surface area (Å²) in [5.74, 6) is 0. The van der Waals surface area contributed by atoms with Crippen LogP contribution >= 0.6 is 0 Å². The van der Waals surface area contributed by atoms with Gasteiger partial charge < -0.3 is 5.32 Å². The molecule has 0 saturated heterocycles. The van der Waals surface area contributed by atoms with E-state index in [1.54, 1.807) is 0 Å². The largest absolute Gasteiger partial charge is 0.374 e. The summed E-state index contributed by atoms with van der Waals surface area (Å²) in [6.45, 7) is -0.649. The third-order valence-electron chi connectivity index (χ3n) is 1.66. The highest BCUT2D eigenvalue weighted by atomic mass is 19.3. The van der Waals surface area contributed by atoms with Crippen molar-refractivity contribution in [1.29, 1.82) is 0 Å². The number of benzene rings is 1. The topological polar surface area (TPSA) is 55.2 Å². The Labute approximate surface area is 85.8 Å². The van der Waals surface area contributed by atoms with Crippen LogP contribution in [-0.2, 0) is 0 Å². The molecule has 0 unspecified atom stereocenters. The first-order chi connectivity index (χ1) is 7.00. The molecule has 1 N–H and O–H groups in total. The molecule has 0 spiro atoms. The first-order valence-electron chi connectivity index (χ1n) is 4.06. The highest BCUT2D eigenvalue weighted by molar-refractivity contribution is 6.32. The van der Waals surface area contributed by atoms with E-state index in [1.165, 1.54) is 18.2 Å². The maximum atomic E-state index is 11.9. The fraction of sp³-hybridized carbons (Fsp3) is 0.250. The van der Waals surface area contributed by atoms with Crippen molar-refractivity contribution in [3.8, 4) is 0 Å². The summed E-state index contributed by atoms with van der Waals surface area (Å²) < 4.78 is 23.8. The van der Waals surface area contributed by atoms with E-state index in [0.29, 0.717) is 0 Å². The van der Waals surface area contributed by atoms with Crippen LogP contribution in [0.5, 0.6) is 0 Å². The van der Waals surface area contributed by atoms with Crippen molar-refractivity contribution in [3.05, 3.63) is 28.3 Å². The molecule has 4 nitrogen and oxygen atoms in total. The van der Waals surface area contributed by atoms with Gasteiger partial charge in [0.2, 0.25) is 0 Å². The van der Waals surface area contributed by atoms with Crippen LogP contribution in [-0.4, -0.2) is 25.7 Å². The van der Waals surface area contributed by atoms with Gasteiger partial charge in [-0.25, -0.2) is 8.78 Å². The van der Waals surface area contributed by atoms with Crippen LogP contribution in [0.15, 0.2) is 18.2 Å². The first kappa shape index (κ1) is 11.4. The number of alkyl halides is 2. The van der Waals surface area contributed by atoms with E-state index in [9.17, 15) is 18.9 Å². The Bertz CT molecular complexity index is 374. The zero-order valence-electron chi connectivity index (χ0n) is 7.61. The molecule has 0 aliphatic heterocycles. The lowest BCUT2D eigenvalue weighted by Crippen LogP contribution is -2.13. The summed E-state index contributed by atoms with van der Waals surface area (Å²) in [6.07, 6.45) is -2.58. The van der Waals surface area contributed by atoms with Crippen molar-refractivity contribution in [3.63, 3.8) is 0 Å². The van der Waals surface area contributed by atoms with Crippen LogP contribution in [0.1, 0.15) is 0 Å². The fourth-order valence-electron chi connectivity index (χ4n) is 1.04. The average Bonchev–Trinajstić information content (AvgIpc) is 2.14. The molecular weight excluding hydrogens is 205 g/mol. The van der Waals surface area contributed by atoms with Crippen molar-refractivity contribution < 1.29 is 13.7 Å². The quantitative estimate of drug-likeness (QED) is 0.461. The zero-order valence-corrected chi connectivity index (χ0v) is 7.61. The Morgan fingerprint density at radius 1 is 1.53 bits per heavy atom. The maximum Gasteiger partial charge on any atom is 0.292 e. The lowest BCUT2D eigenvalue weighted by atomic mass is 9.95. The van der Waals surface area contributed by atoms with E-state index in [0.717, 1.165) is 0 Å². The molecule has 0 saturated carbocycles. The van der Waals surface area contributed by atoms with E-state index in [1.807, 2.05) is 0 Å². The Morgan fingerprint density at radius 3 is 2.73 bits per heavy atom. The number of halogens is 2. The third kappa shape index (κ3) is 3.19. The van der Waals surface area contributed by atoms with Gasteiger partial charge in [-0.3, -0.25) is 10.1 Å². The van der Waals surface area contributed by atoms with Crippen molar-refractivity contribution in [2.45, 2.75) is 6.43 Å². The van der Waals surface area contributed by atoms with Gasteiger partial charge in [-0.15, -0.1) is 0 Å². The Morgan fingerprint density at radius 2 is 2.20 bits per heavy atom. The zero-order chi connectivity index (χ0) is 11.4. The molecular formula is C8H7BF2N2O2. The average molecular weight is 212 g/mol. The predicted molar refractivity (Wildman–Crippen MR) is 53.0 cm³/mol. The number of hydrogen-bond donors (Lipinski definition) is 1.